The molecule has 1 aliphatic rings. The van der Waals surface area contributed by atoms with Crippen LogP contribution in [0.3, 0.4) is 0 Å². The van der Waals surface area contributed by atoms with Crippen LogP contribution in [0.2, 0.25) is 0 Å². The van der Waals surface area contributed by atoms with Gasteiger partial charge < -0.3 is 14.9 Å². The van der Waals surface area contributed by atoms with Gasteiger partial charge in [-0.05, 0) is 23.6 Å². The predicted molar refractivity (Wildman–Crippen MR) is 83.8 cm³/mol. The second kappa shape index (κ2) is 8.46. The minimum absolute atomic E-state index is 0.189. The van der Waals surface area contributed by atoms with E-state index in [2.05, 4.69) is 4.99 Å². The summed E-state index contributed by atoms with van der Waals surface area (Å²) in [6, 6.07) is 7.77. The molecule has 0 saturated carbocycles. The van der Waals surface area contributed by atoms with Gasteiger partial charge in [0.25, 0.3) is 0 Å². The fourth-order valence-corrected chi connectivity index (χ4v) is 1.96. The van der Waals surface area contributed by atoms with Gasteiger partial charge in [-0.1, -0.05) is 36.4 Å². The van der Waals surface area contributed by atoms with Crippen molar-refractivity contribution in [2.75, 3.05) is 0 Å². The molecule has 4 nitrogen and oxygen atoms in total. The molecular formula is C17H20FNO3. The molecule has 1 aliphatic heterocycles. The smallest absolute Gasteiger partial charge is 0.191 e. The summed E-state index contributed by atoms with van der Waals surface area (Å²) in [5.41, 5.74) is 2.01. The molecule has 2 N–H and O–H groups in total. The van der Waals surface area contributed by atoms with Crippen molar-refractivity contribution < 1.29 is 19.3 Å². The van der Waals surface area contributed by atoms with E-state index in [9.17, 15) is 4.39 Å². The molecule has 0 fully saturated rings. The van der Waals surface area contributed by atoms with Crippen molar-refractivity contribution in [2.45, 2.75) is 38.3 Å². The number of hydrogen-bond donors (Lipinski definition) is 2. The van der Waals surface area contributed by atoms with Crippen LogP contribution in [-0.4, -0.2) is 28.6 Å². The van der Waals surface area contributed by atoms with Gasteiger partial charge in [-0.3, -0.25) is 0 Å². The normalized spacial score (nSPS) is 18.0. The lowest BCUT2D eigenvalue weighted by molar-refractivity contribution is -0.0441. The third-order valence-corrected chi connectivity index (χ3v) is 3.17. The van der Waals surface area contributed by atoms with Crippen LogP contribution in [0.1, 0.15) is 30.4 Å². The molecular weight excluding hydrogens is 285 g/mol. The summed E-state index contributed by atoms with van der Waals surface area (Å²) in [5, 5.41) is 17.5. The van der Waals surface area contributed by atoms with E-state index in [1.165, 1.54) is 12.3 Å². The first-order valence-electron chi connectivity index (χ1n) is 7.25. The number of ether oxygens (including phenoxy) is 1. The maximum Gasteiger partial charge on any atom is 0.191 e. The van der Waals surface area contributed by atoms with Gasteiger partial charge in [0.05, 0.1) is 6.42 Å². The molecule has 2 rings (SSSR count). The first-order chi connectivity index (χ1) is 10.6. The summed E-state index contributed by atoms with van der Waals surface area (Å²) in [5.74, 6) is 0.418. The van der Waals surface area contributed by atoms with Gasteiger partial charge in [0.1, 0.15) is 12.8 Å². The number of aliphatic hydroxyl groups excluding tert-OH is 1. The van der Waals surface area contributed by atoms with Gasteiger partial charge in [-0.15, -0.1) is 0 Å². The highest BCUT2D eigenvalue weighted by molar-refractivity contribution is 5.78. The average molecular weight is 305 g/mol. The fourth-order valence-electron chi connectivity index (χ4n) is 1.96. The van der Waals surface area contributed by atoms with Gasteiger partial charge in [0.2, 0.25) is 0 Å². The number of aliphatic hydroxyl groups is 2. The Balaban J connectivity index is 1.79. The van der Waals surface area contributed by atoms with Gasteiger partial charge >= 0.3 is 0 Å². The zero-order valence-electron chi connectivity index (χ0n) is 12.2. The van der Waals surface area contributed by atoms with Gasteiger partial charge in [-0.25, -0.2) is 9.38 Å². The number of nitrogens with zero attached hydrogens (tertiary/aromatic N) is 1. The number of rotatable bonds is 6. The molecule has 5 heteroatoms. The van der Waals surface area contributed by atoms with Crippen LogP contribution in [0.15, 0.2) is 47.6 Å². The second-order valence-corrected chi connectivity index (χ2v) is 5.08. The van der Waals surface area contributed by atoms with Crippen LogP contribution in [0.4, 0.5) is 4.39 Å². The van der Waals surface area contributed by atoms with Crippen LogP contribution in [0.5, 0.6) is 0 Å². The summed E-state index contributed by atoms with van der Waals surface area (Å²) in [4.78, 5) is 4.00. The number of halogens is 1. The zero-order chi connectivity index (χ0) is 15.8. The van der Waals surface area contributed by atoms with E-state index in [1.807, 2.05) is 36.4 Å². The quantitative estimate of drug-likeness (QED) is 0.794. The fraction of sp³-hybridized carbons (Fsp3) is 0.353. The number of hydrogen-bond acceptors (Lipinski definition) is 4. The largest absolute Gasteiger partial charge is 0.476 e. The minimum atomic E-state index is -1.26. The summed E-state index contributed by atoms with van der Waals surface area (Å²) >= 11 is 0. The third kappa shape index (κ3) is 5.79. The molecule has 0 amide bonds. The van der Waals surface area contributed by atoms with Crippen molar-refractivity contribution in [3.05, 3.63) is 53.7 Å². The highest BCUT2D eigenvalue weighted by atomic mass is 19.1. The van der Waals surface area contributed by atoms with Crippen molar-refractivity contribution >= 4 is 12.0 Å². The summed E-state index contributed by atoms with van der Waals surface area (Å²) < 4.78 is 18.6. The van der Waals surface area contributed by atoms with Gasteiger partial charge in [0, 0.05) is 12.6 Å². The molecule has 1 atom stereocenters. The van der Waals surface area contributed by atoms with Crippen molar-refractivity contribution in [3.8, 4) is 0 Å². The maximum absolute atomic E-state index is 13.1. The van der Waals surface area contributed by atoms with E-state index in [0.717, 1.165) is 11.1 Å². The van der Waals surface area contributed by atoms with Crippen molar-refractivity contribution in [3.63, 3.8) is 0 Å². The summed E-state index contributed by atoms with van der Waals surface area (Å²) in [6.07, 6.45) is 5.52. The van der Waals surface area contributed by atoms with Crippen molar-refractivity contribution in [2.24, 2.45) is 4.99 Å². The zero-order valence-corrected chi connectivity index (χ0v) is 12.2. The Kier molecular flexibility index (Phi) is 6.30. The first kappa shape index (κ1) is 16.4. The summed E-state index contributed by atoms with van der Waals surface area (Å²) in [7, 11) is 0. The molecule has 0 bridgehead atoms. The Morgan fingerprint density at radius 3 is 2.77 bits per heavy atom. The van der Waals surface area contributed by atoms with Crippen molar-refractivity contribution in [1.29, 1.82) is 0 Å². The molecule has 0 radical (unpaired) electrons. The Labute approximate surface area is 129 Å². The highest BCUT2D eigenvalue weighted by Crippen LogP contribution is 2.12. The number of alkyl halides is 1. The van der Waals surface area contributed by atoms with E-state index < -0.39 is 12.5 Å². The Hall–Kier alpha value is -1.98. The van der Waals surface area contributed by atoms with Crippen LogP contribution in [0, 0.1) is 0 Å². The van der Waals surface area contributed by atoms with Crippen LogP contribution in [0.25, 0.3) is 6.08 Å². The van der Waals surface area contributed by atoms with Gasteiger partial charge in [0.15, 0.2) is 12.2 Å². The monoisotopic (exact) mass is 305 g/mol. The molecule has 0 aliphatic carbocycles. The van der Waals surface area contributed by atoms with Gasteiger partial charge in [-0.2, -0.15) is 0 Å². The first-order valence-corrected chi connectivity index (χ1v) is 7.25. The lowest BCUT2D eigenvalue weighted by Crippen LogP contribution is -2.13. The van der Waals surface area contributed by atoms with E-state index >= 15 is 0 Å². The second-order valence-electron chi connectivity index (χ2n) is 5.08. The molecule has 0 aromatic heterocycles. The molecule has 22 heavy (non-hydrogen) atoms. The standard InChI is InChI=1S/C17H20FNO3/c18-15-9-10-19-16(11-15)22-12-14-7-5-13(6-8-14)3-1-2-4-17(20)21/h1,3,5-10,15,17,20-21H,2,4,11-12H2/b3-1+. The van der Waals surface area contributed by atoms with E-state index in [0.29, 0.717) is 25.3 Å². The molecule has 1 unspecified atom stereocenters. The third-order valence-electron chi connectivity index (χ3n) is 3.17. The predicted octanol–water partition coefficient (Wildman–Crippen LogP) is 2.96. The SMILES string of the molecule is OC(O)CC/C=C/c1ccc(COC2=NC=CC(F)C2)cc1. The van der Waals surface area contributed by atoms with Crippen molar-refractivity contribution in [1.82, 2.24) is 0 Å². The maximum atomic E-state index is 13.1. The van der Waals surface area contributed by atoms with E-state index in [1.54, 1.807) is 0 Å². The molecule has 1 heterocycles. The average Bonchev–Trinajstić information content (AvgIpc) is 2.51. The van der Waals surface area contributed by atoms with Crippen LogP contribution in [-0.2, 0) is 11.3 Å². The molecule has 1 aromatic rings. The highest BCUT2D eigenvalue weighted by Gasteiger charge is 2.12. The molecule has 1 aromatic carbocycles. The Bertz CT molecular complexity index is 550. The number of benzene rings is 1. The topological polar surface area (TPSA) is 62.0 Å². The minimum Gasteiger partial charge on any atom is -0.476 e. The van der Waals surface area contributed by atoms with Crippen LogP contribution < -0.4 is 0 Å². The Morgan fingerprint density at radius 2 is 2.09 bits per heavy atom. The number of allylic oxidation sites excluding steroid dienone is 2. The van der Waals surface area contributed by atoms with E-state index in [-0.39, 0.29) is 6.42 Å². The lowest BCUT2D eigenvalue weighted by atomic mass is 10.1. The molecule has 0 saturated heterocycles. The number of aliphatic imine (C=N–C) groups is 1. The Morgan fingerprint density at radius 1 is 1.32 bits per heavy atom. The lowest BCUT2D eigenvalue weighted by Gasteiger charge is -2.12. The molecule has 0 spiro atoms. The van der Waals surface area contributed by atoms with Crippen LogP contribution >= 0.6 is 0 Å². The molecule has 118 valence electrons. The van der Waals surface area contributed by atoms with E-state index in [4.69, 9.17) is 14.9 Å². The summed E-state index contributed by atoms with van der Waals surface area (Å²) in [6.45, 7) is 0.361.